The highest BCUT2D eigenvalue weighted by atomic mass is 16.5. The summed E-state index contributed by atoms with van der Waals surface area (Å²) in [5, 5.41) is 7.29. The Bertz CT molecular complexity index is 2100. The first-order valence-electron chi connectivity index (χ1n) is 20.3. The maximum atomic E-state index is 14.9. The summed E-state index contributed by atoms with van der Waals surface area (Å²) >= 11 is 0. The second kappa shape index (κ2) is 15.8. The van der Waals surface area contributed by atoms with Gasteiger partial charge in [-0.15, -0.1) is 0 Å². The number of likely N-dealkylation sites (tertiary alicyclic amines) is 1. The number of nitrogens with one attached hydrogen (secondary N) is 3. The van der Waals surface area contributed by atoms with E-state index in [-0.39, 0.29) is 38.1 Å². The highest BCUT2D eigenvalue weighted by Crippen LogP contribution is 2.60. The zero-order valence-corrected chi connectivity index (χ0v) is 32.7. The Morgan fingerprint density at radius 1 is 0.789 bits per heavy atom. The van der Waals surface area contributed by atoms with Crippen molar-refractivity contribution in [3.05, 3.63) is 108 Å². The van der Waals surface area contributed by atoms with Gasteiger partial charge in [-0.3, -0.25) is 19.2 Å². The molecule has 2 heterocycles. The number of benzene rings is 3. The van der Waals surface area contributed by atoms with Gasteiger partial charge in [0.15, 0.2) is 5.41 Å². The first-order chi connectivity index (χ1) is 27.6. The Morgan fingerprint density at radius 3 is 2.04 bits per heavy atom. The van der Waals surface area contributed by atoms with Crippen LogP contribution in [0.2, 0.25) is 0 Å². The molecule has 4 bridgehead atoms. The van der Waals surface area contributed by atoms with E-state index in [1.54, 1.807) is 0 Å². The molecule has 0 radical (unpaired) electrons. The summed E-state index contributed by atoms with van der Waals surface area (Å²) in [5.41, 5.74) is 1.26. The SMILES string of the molecule is COC(=O)[C@H](Cc1ccccc1)N1C(=O)[C@@](Cc2ccccc2)(C(=O)OC)C[C@@H]1CNC(=O)[C@H](Cc1c[nH]c2ccccc12)NC(=O)C12CC3CC(CC(C3)C1)C2. The van der Waals surface area contributed by atoms with E-state index in [4.69, 9.17) is 9.47 Å². The van der Waals surface area contributed by atoms with E-state index in [0.29, 0.717) is 17.8 Å². The van der Waals surface area contributed by atoms with Gasteiger partial charge in [-0.2, -0.15) is 0 Å². The Labute approximate surface area is 333 Å². The largest absolute Gasteiger partial charge is 0.468 e. The maximum Gasteiger partial charge on any atom is 0.328 e. The van der Waals surface area contributed by atoms with Crippen molar-refractivity contribution in [2.24, 2.45) is 28.6 Å². The molecule has 0 unspecified atom stereocenters. The first kappa shape index (κ1) is 38.4. The summed E-state index contributed by atoms with van der Waals surface area (Å²) in [7, 11) is 2.53. The van der Waals surface area contributed by atoms with Gasteiger partial charge in [-0.1, -0.05) is 78.9 Å². The number of amides is 3. The first-order valence-corrected chi connectivity index (χ1v) is 20.3. The van der Waals surface area contributed by atoms with E-state index in [0.717, 1.165) is 46.9 Å². The molecule has 11 nitrogen and oxygen atoms in total. The minimum atomic E-state index is -1.66. The number of nitrogens with zero attached hydrogens (tertiary/aromatic N) is 1. The predicted molar refractivity (Wildman–Crippen MR) is 213 cm³/mol. The van der Waals surface area contributed by atoms with Gasteiger partial charge in [0.25, 0.3) is 0 Å². The molecule has 1 saturated heterocycles. The molecule has 1 aliphatic heterocycles. The van der Waals surface area contributed by atoms with Crippen molar-refractivity contribution < 1.29 is 33.4 Å². The summed E-state index contributed by atoms with van der Waals surface area (Å²) in [4.78, 5) is 76.2. The third-order valence-corrected chi connectivity index (χ3v) is 13.4. The van der Waals surface area contributed by atoms with Crippen LogP contribution < -0.4 is 10.6 Å². The highest BCUT2D eigenvalue weighted by Gasteiger charge is 2.60. The Hall–Kier alpha value is -5.45. The fraction of sp³-hybridized carbons (Fsp3) is 0.457. The molecule has 298 valence electrons. The van der Waals surface area contributed by atoms with Gasteiger partial charge in [-0.05, 0) is 91.9 Å². The van der Waals surface area contributed by atoms with Crippen molar-refractivity contribution in [2.45, 2.75) is 82.3 Å². The molecule has 4 aromatic rings. The molecule has 4 saturated carbocycles. The van der Waals surface area contributed by atoms with Crippen molar-refractivity contribution in [1.29, 1.82) is 0 Å². The molecule has 3 aromatic carbocycles. The minimum Gasteiger partial charge on any atom is -0.468 e. The lowest BCUT2D eigenvalue weighted by Gasteiger charge is -2.55. The van der Waals surface area contributed by atoms with Gasteiger partial charge in [0, 0.05) is 41.9 Å². The number of fused-ring (bicyclic) bond motifs is 1. The average molecular weight is 773 g/mol. The highest BCUT2D eigenvalue weighted by molar-refractivity contribution is 6.06. The van der Waals surface area contributed by atoms with Gasteiger partial charge in [0.1, 0.15) is 12.1 Å². The molecule has 0 spiro atoms. The fourth-order valence-electron chi connectivity index (χ4n) is 11.1. The van der Waals surface area contributed by atoms with Crippen molar-refractivity contribution in [3.63, 3.8) is 0 Å². The second-order valence-corrected chi connectivity index (χ2v) is 17.1. The molecular formula is C46H52N4O7. The number of aromatic nitrogens is 1. The van der Waals surface area contributed by atoms with Gasteiger partial charge >= 0.3 is 11.9 Å². The Balaban J connectivity index is 1.10. The Kier molecular flexibility index (Phi) is 10.7. The number of H-pyrrole nitrogens is 1. The molecule has 11 heteroatoms. The van der Waals surface area contributed by atoms with E-state index in [9.17, 15) is 24.0 Å². The van der Waals surface area contributed by atoms with Gasteiger partial charge < -0.3 is 30.0 Å². The number of hydrogen-bond donors (Lipinski definition) is 3. The number of hydrogen-bond acceptors (Lipinski definition) is 7. The maximum absolute atomic E-state index is 14.9. The molecule has 4 aliphatic carbocycles. The van der Waals surface area contributed by atoms with Crippen LogP contribution in [0.25, 0.3) is 10.9 Å². The van der Waals surface area contributed by atoms with Gasteiger partial charge in [0.05, 0.1) is 20.3 Å². The van der Waals surface area contributed by atoms with Crippen LogP contribution in [0, 0.1) is 28.6 Å². The quantitative estimate of drug-likeness (QED) is 0.116. The summed E-state index contributed by atoms with van der Waals surface area (Å²) in [6, 6.07) is 23.6. The summed E-state index contributed by atoms with van der Waals surface area (Å²) in [6.07, 6.45) is 8.46. The number of carbonyl (C=O) groups excluding carboxylic acids is 5. The molecule has 57 heavy (non-hydrogen) atoms. The summed E-state index contributed by atoms with van der Waals surface area (Å²) in [5.74, 6) is -0.700. The van der Waals surface area contributed by atoms with E-state index < -0.39 is 52.7 Å². The third-order valence-electron chi connectivity index (χ3n) is 13.4. The lowest BCUT2D eigenvalue weighted by molar-refractivity contribution is -0.163. The number of rotatable bonds is 14. The molecule has 9 rings (SSSR count). The summed E-state index contributed by atoms with van der Waals surface area (Å²) in [6.45, 7) is -0.0714. The molecule has 5 fully saturated rings. The van der Waals surface area contributed by atoms with Crippen LogP contribution in [0.15, 0.2) is 91.1 Å². The smallest absolute Gasteiger partial charge is 0.328 e. The third kappa shape index (κ3) is 7.44. The van der Waals surface area contributed by atoms with Crippen molar-refractivity contribution >= 4 is 40.6 Å². The van der Waals surface area contributed by atoms with Crippen molar-refractivity contribution in [2.75, 3.05) is 20.8 Å². The van der Waals surface area contributed by atoms with Crippen LogP contribution in [-0.4, -0.2) is 78.4 Å². The minimum absolute atomic E-state index is 0.0112. The van der Waals surface area contributed by atoms with E-state index in [1.807, 2.05) is 91.1 Å². The second-order valence-electron chi connectivity index (χ2n) is 17.1. The van der Waals surface area contributed by atoms with Crippen LogP contribution >= 0.6 is 0 Å². The number of para-hydroxylation sites is 1. The van der Waals surface area contributed by atoms with Gasteiger partial charge in [0.2, 0.25) is 17.7 Å². The van der Waals surface area contributed by atoms with Crippen LogP contribution in [0.5, 0.6) is 0 Å². The Morgan fingerprint density at radius 2 is 1.40 bits per heavy atom. The van der Waals surface area contributed by atoms with Crippen molar-refractivity contribution in [1.82, 2.24) is 20.5 Å². The van der Waals surface area contributed by atoms with E-state index >= 15 is 0 Å². The molecular weight excluding hydrogens is 721 g/mol. The number of aromatic amines is 1. The lowest BCUT2D eigenvalue weighted by Crippen LogP contribution is -2.58. The zero-order chi connectivity index (χ0) is 39.7. The lowest BCUT2D eigenvalue weighted by atomic mass is 9.49. The van der Waals surface area contributed by atoms with E-state index in [1.165, 1.54) is 38.4 Å². The number of esters is 2. The average Bonchev–Trinajstić information content (AvgIpc) is 3.75. The van der Waals surface area contributed by atoms with E-state index in [2.05, 4.69) is 15.6 Å². The predicted octanol–water partition coefficient (Wildman–Crippen LogP) is 5.32. The standard InChI is InChI=1S/C46H52N4O7/c1-56-41(52)39(20-29-11-5-3-6-12-29)50-35(26-46(43(50)54,44(55)57-2)25-30-13-7-4-8-14-30)28-48-40(51)38(21-34-27-47-37-16-10-9-15-36(34)37)49-42(53)45-22-31-17-32(23-45)19-33(18-31)24-45/h3-16,27,31-33,35,38-39,47H,17-26,28H2,1-2H3,(H,48,51)(H,49,53)/t31?,32?,33?,35-,38+,39+,45?,46+/m1/s1. The molecule has 3 N–H and O–H groups in total. The van der Waals surface area contributed by atoms with Crippen LogP contribution in [0.4, 0.5) is 0 Å². The normalized spacial score (nSPS) is 27.2. The number of methoxy groups -OCH3 is 2. The van der Waals surface area contributed by atoms with Crippen molar-refractivity contribution in [3.8, 4) is 0 Å². The molecule has 5 aliphatic rings. The topological polar surface area (TPSA) is 147 Å². The summed E-state index contributed by atoms with van der Waals surface area (Å²) < 4.78 is 10.6. The number of ether oxygens (including phenoxy) is 2. The van der Waals surface area contributed by atoms with Gasteiger partial charge in [-0.25, -0.2) is 4.79 Å². The molecule has 3 amide bonds. The molecule has 4 atom stereocenters. The fourth-order valence-corrected chi connectivity index (χ4v) is 11.1. The number of carbonyl (C=O) groups is 5. The molecule has 1 aromatic heterocycles. The van der Waals surface area contributed by atoms with Crippen LogP contribution in [0.1, 0.15) is 61.6 Å². The zero-order valence-electron chi connectivity index (χ0n) is 32.7. The van der Waals surface area contributed by atoms with Crippen LogP contribution in [0.3, 0.4) is 0 Å². The monoisotopic (exact) mass is 772 g/mol. The van der Waals surface area contributed by atoms with Crippen LogP contribution in [-0.2, 0) is 52.7 Å².